The molecule has 1 atom stereocenters. The van der Waals surface area contributed by atoms with Gasteiger partial charge < -0.3 is 5.32 Å². The number of hydrogen-bond donors (Lipinski definition) is 1. The summed E-state index contributed by atoms with van der Waals surface area (Å²) in [5.74, 6) is 0. The molecule has 1 N–H and O–H groups in total. The number of anilines is 1. The van der Waals surface area contributed by atoms with Crippen LogP contribution in [0.5, 0.6) is 0 Å². The molecule has 0 saturated carbocycles. The molecule has 0 aromatic carbocycles. The van der Waals surface area contributed by atoms with E-state index in [1.165, 1.54) is 0 Å². The van der Waals surface area contributed by atoms with Crippen molar-refractivity contribution >= 4 is 28.2 Å². The van der Waals surface area contributed by atoms with Gasteiger partial charge in [0.05, 0.1) is 0 Å². The molecule has 0 saturated heterocycles. The number of nitrogens with one attached hydrogen (secondary N) is 1. The first kappa shape index (κ1) is 9.80. The minimum Gasteiger partial charge on any atom is -0.359 e. The Morgan fingerprint density at radius 1 is 1.58 bits per heavy atom. The van der Waals surface area contributed by atoms with Crippen molar-refractivity contribution in [2.24, 2.45) is 0 Å². The molecule has 1 heterocycles. The van der Waals surface area contributed by atoms with Gasteiger partial charge >= 0.3 is 0 Å². The summed E-state index contributed by atoms with van der Waals surface area (Å²) in [5.41, 5.74) is 0. The van der Waals surface area contributed by atoms with E-state index in [-0.39, 0.29) is 0 Å². The first-order valence-corrected chi connectivity index (χ1v) is 5.89. The summed E-state index contributed by atoms with van der Waals surface area (Å²) in [6, 6.07) is 0. The molecule has 0 amide bonds. The molecule has 0 aliphatic heterocycles. The van der Waals surface area contributed by atoms with E-state index >= 15 is 0 Å². The van der Waals surface area contributed by atoms with Crippen LogP contribution in [-0.2, 0) is 0 Å². The van der Waals surface area contributed by atoms with E-state index in [2.05, 4.69) is 28.7 Å². The Hall–Kier alpha value is -0.290. The fourth-order valence-electron chi connectivity index (χ4n) is 0.682. The summed E-state index contributed by atoms with van der Waals surface area (Å²) in [6.45, 7) is 5.10. The molecule has 0 radical (unpaired) electrons. The van der Waals surface area contributed by atoms with Crippen LogP contribution in [0.4, 0.5) is 5.13 Å². The number of thioether (sulfide) groups is 1. The molecule has 0 aliphatic carbocycles. The van der Waals surface area contributed by atoms with Crippen LogP contribution >= 0.6 is 23.1 Å². The minimum atomic E-state index is 0.620. The Bertz CT molecular complexity index is 236. The van der Waals surface area contributed by atoms with Gasteiger partial charge in [-0.3, -0.25) is 0 Å². The van der Waals surface area contributed by atoms with Crippen LogP contribution in [0.3, 0.4) is 0 Å². The molecule has 0 aliphatic rings. The van der Waals surface area contributed by atoms with E-state index in [4.69, 9.17) is 0 Å². The largest absolute Gasteiger partial charge is 0.359 e. The van der Waals surface area contributed by atoms with E-state index in [1.54, 1.807) is 11.3 Å². The third-order valence-electron chi connectivity index (χ3n) is 1.47. The molecule has 1 aromatic heterocycles. The van der Waals surface area contributed by atoms with E-state index in [0.717, 1.165) is 16.7 Å². The predicted octanol–water partition coefficient (Wildman–Crippen LogP) is 2.01. The predicted molar refractivity (Wildman–Crippen MR) is 56.1 cm³/mol. The molecule has 1 rings (SSSR count). The van der Waals surface area contributed by atoms with E-state index < -0.39 is 0 Å². The van der Waals surface area contributed by atoms with E-state index in [0.29, 0.717) is 5.25 Å². The smallest absolute Gasteiger partial charge is 0.205 e. The number of aryl methyl sites for hydroxylation is 1. The van der Waals surface area contributed by atoms with Crippen LogP contribution in [0.25, 0.3) is 0 Å². The summed E-state index contributed by atoms with van der Waals surface area (Å²) in [6.07, 6.45) is 2.11. The zero-order chi connectivity index (χ0) is 8.97. The van der Waals surface area contributed by atoms with Crippen LogP contribution in [0.2, 0.25) is 0 Å². The second-order valence-corrected chi connectivity index (χ2v) is 5.01. The zero-order valence-corrected chi connectivity index (χ0v) is 9.13. The van der Waals surface area contributed by atoms with Crippen molar-refractivity contribution in [3.05, 3.63) is 5.01 Å². The van der Waals surface area contributed by atoms with Gasteiger partial charge in [-0.25, -0.2) is 0 Å². The van der Waals surface area contributed by atoms with Gasteiger partial charge in [-0.2, -0.15) is 11.8 Å². The monoisotopic (exact) mass is 203 g/mol. The average Bonchev–Trinajstić information content (AvgIpc) is 2.47. The molecule has 68 valence electrons. The molecule has 0 bridgehead atoms. The van der Waals surface area contributed by atoms with Gasteiger partial charge in [0.15, 0.2) is 0 Å². The first-order chi connectivity index (χ1) is 5.72. The molecule has 1 unspecified atom stereocenters. The normalized spacial score (nSPS) is 12.9. The van der Waals surface area contributed by atoms with Crippen LogP contribution in [-0.4, -0.2) is 28.2 Å². The zero-order valence-electron chi connectivity index (χ0n) is 7.50. The van der Waals surface area contributed by atoms with E-state index in [9.17, 15) is 0 Å². The van der Waals surface area contributed by atoms with Gasteiger partial charge in [0.1, 0.15) is 5.01 Å². The number of rotatable bonds is 4. The lowest BCUT2D eigenvalue weighted by Gasteiger charge is -2.07. The second-order valence-electron chi connectivity index (χ2n) is 2.55. The fourth-order valence-corrected chi connectivity index (χ4v) is 1.53. The highest BCUT2D eigenvalue weighted by Gasteiger charge is 2.01. The van der Waals surface area contributed by atoms with Gasteiger partial charge in [-0.05, 0) is 13.2 Å². The molecular formula is C7H13N3S2. The maximum Gasteiger partial charge on any atom is 0.205 e. The topological polar surface area (TPSA) is 37.8 Å². The fraction of sp³-hybridized carbons (Fsp3) is 0.714. The molecular weight excluding hydrogens is 190 g/mol. The van der Waals surface area contributed by atoms with Gasteiger partial charge in [0.2, 0.25) is 5.13 Å². The molecule has 12 heavy (non-hydrogen) atoms. The van der Waals surface area contributed by atoms with Crippen LogP contribution < -0.4 is 5.32 Å². The number of hydrogen-bond acceptors (Lipinski definition) is 5. The summed E-state index contributed by atoms with van der Waals surface area (Å²) in [5, 5.41) is 13.7. The van der Waals surface area contributed by atoms with Gasteiger partial charge in [0, 0.05) is 11.8 Å². The highest BCUT2D eigenvalue weighted by molar-refractivity contribution is 7.99. The summed E-state index contributed by atoms with van der Waals surface area (Å²) in [4.78, 5) is 0. The van der Waals surface area contributed by atoms with Gasteiger partial charge in [-0.1, -0.05) is 18.3 Å². The van der Waals surface area contributed by atoms with Crippen molar-refractivity contribution in [1.82, 2.24) is 10.2 Å². The minimum absolute atomic E-state index is 0.620. The van der Waals surface area contributed by atoms with Crippen molar-refractivity contribution in [1.29, 1.82) is 0 Å². The van der Waals surface area contributed by atoms with Crippen LogP contribution in [0.15, 0.2) is 0 Å². The lowest BCUT2D eigenvalue weighted by atomic mass is 10.5. The summed E-state index contributed by atoms with van der Waals surface area (Å²) in [7, 11) is 0. The van der Waals surface area contributed by atoms with Crippen molar-refractivity contribution in [3.63, 3.8) is 0 Å². The quantitative estimate of drug-likeness (QED) is 0.812. The molecule has 5 heteroatoms. The Morgan fingerprint density at radius 2 is 2.33 bits per heavy atom. The highest BCUT2D eigenvalue weighted by atomic mass is 32.2. The lowest BCUT2D eigenvalue weighted by Crippen LogP contribution is -2.12. The Balaban J connectivity index is 2.33. The highest BCUT2D eigenvalue weighted by Crippen LogP contribution is 2.14. The second kappa shape index (κ2) is 4.67. The van der Waals surface area contributed by atoms with Crippen molar-refractivity contribution in [2.45, 2.75) is 19.1 Å². The van der Waals surface area contributed by atoms with Crippen LogP contribution in [0, 0.1) is 6.92 Å². The Labute approximate surface area is 81.0 Å². The average molecular weight is 203 g/mol. The summed E-state index contributed by atoms with van der Waals surface area (Å²) < 4.78 is 0. The van der Waals surface area contributed by atoms with E-state index in [1.807, 2.05) is 18.7 Å². The maximum atomic E-state index is 3.97. The maximum absolute atomic E-state index is 3.97. The number of nitrogens with zero attached hydrogens (tertiary/aromatic N) is 2. The SMILES string of the molecule is CSC(C)CNc1nnc(C)s1. The standard InChI is InChI=1S/C7H13N3S2/c1-5(11-3)4-8-7-10-9-6(2)12-7/h5H,4H2,1-3H3,(H,8,10). The number of aromatic nitrogens is 2. The van der Waals surface area contributed by atoms with Crippen molar-refractivity contribution in [2.75, 3.05) is 18.1 Å². The molecule has 1 aromatic rings. The van der Waals surface area contributed by atoms with Crippen molar-refractivity contribution < 1.29 is 0 Å². The summed E-state index contributed by atoms with van der Waals surface area (Å²) >= 11 is 3.44. The van der Waals surface area contributed by atoms with Gasteiger partial charge in [-0.15, -0.1) is 10.2 Å². The molecule has 3 nitrogen and oxygen atoms in total. The molecule has 0 spiro atoms. The third kappa shape index (κ3) is 2.98. The van der Waals surface area contributed by atoms with Crippen LogP contribution in [0.1, 0.15) is 11.9 Å². The third-order valence-corrected chi connectivity index (χ3v) is 3.24. The lowest BCUT2D eigenvalue weighted by molar-refractivity contribution is 0.976. The first-order valence-electron chi connectivity index (χ1n) is 3.79. The van der Waals surface area contributed by atoms with Gasteiger partial charge in [0.25, 0.3) is 0 Å². The van der Waals surface area contributed by atoms with Crippen molar-refractivity contribution in [3.8, 4) is 0 Å². The molecule has 0 fully saturated rings. The Morgan fingerprint density at radius 3 is 2.83 bits per heavy atom. The Kier molecular flexibility index (Phi) is 3.81.